The maximum Gasteiger partial charge on any atom is 0.274 e. The number of hydrogen-bond acceptors (Lipinski definition) is 6. The van der Waals surface area contributed by atoms with Crippen LogP contribution in [0.15, 0.2) is 30.3 Å². The molecule has 0 aliphatic heterocycles. The highest BCUT2D eigenvalue weighted by atomic mass is 16.5. The summed E-state index contributed by atoms with van der Waals surface area (Å²) in [4.78, 5) is 23.3. The normalized spacial score (nSPS) is 10.7. The molecule has 0 atom stereocenters. The molecule has 1 heterocycles. The zero-order valence-electron chi connectivity index (χ0n) is 15.9. The number of amides is 1. The highest BCUT2D eigenvalue weighted by Crippen LogP contribution is 2.24. The van der Waals surface area contributed by atoms with E-state index in [1.165, 1.54) is 0 Å². The molecule has 0 radical (unpaired) electrons. The lowest BCUT2D eigenvalue weighted by Gasteiger charge is -2.13. The number of benzene rings is 1. The van der Waals surface area contributed by atoms with Crippen LogP contribution >= 0.6 is 0 Å². The minimum Gasteiger partial charge on any atom is -0.492 e. The number of carbonyl (C=O) groups is 1. The van der Waals surface area contributed by atoms with Gasteiger partial charge in [-0.05, 0) is 53.0 Å². The van der Waals surface area contributed by atoms with Gasteiger partial charge >= 0.3 is 0 Å². The first-order valence-electron chi connectivity index (χ1n) is 8.77. The summed E-state index contributed by atoms with van der Waals surface area (Å²) in [6.07, 6.45) is 0.985. The topological polar surface area (TPSA) is 79.4 Å². The summed E-state index contributed by atoms with van der Waals surface area (Å²) < 4.78 is 5.54. The second kappa shape index (κ2) is 9.72. The van der Waals surface area contributed by atoms with Crippen molar-refractivity contribution in [2.75, 3.05) is 44.4 Å². The number of para-hydroxylation sites is 2. The Morgan fingerprint density at radius 2 is 2.00 bits per heavy atom. The second-order valence-electron chi connectivity index (χ2n) is 6.15. The summed E-state index contributed by atoms with van der Waals surface area (Å²) in [7, 11) is 4.08. The van der Waals surface area contributed by atoms with Crippen LogP contribution in [0.2, 0.25) is 0 Å². The van der Waals surface area contributed by atoms with Gasteiger partial charge in [0, 0.05) is 12.6 Å². The molecule has 26 heavy (non-hydrogen) atoms. The average Bonchev–Trinajstić information content (AvgIpc) is 2.60. The van der Waals surface area contributed by atoms with Crippen LogP contribution in [0.5, 0.6) is 5.75 Å². The number of ether oxygens (including phenoxy) is 1. The van der Waals surface area contributed by atoms with Crippen molar-refractivity contribution >= 4 is 17.4 Å². The van der Waals surface area contributed by atoms with Gasteiger partial charge in [0.25, 0.3) is 5.91 Å². The van der Waals surface area contributed by atoms with E-state index in [1.54, 1.807) is 19.1 Å². The molecule has 140 valence electrons. The van der Waals surface area contributed by atoms with E-state index < -0.39 is 0 Å². The fraction of sp³-hybridized carbons (Fsp3) is 0.421. The highest BCUT2D eigenvalue weighted by molar-refractivity contribution is 6.04. The molecule has 0 fully saturated rings. The van der Waals surface area contributed by atoms with Gasteiger partial charge in [-0.2, -0.15) is 0 Å². The Labute approximate surface area is 154 Å². The minimum atomic E-state index is -0.293. The van der Waals surface area contributed by atoms with Crippen molar-refractivity contribution in [2.24, 2.45) is 0 Å². The van der Waals surface area contributed by atoms with Gasteiger partial charge in [-0.15, -0.1) is 0 Å². The van der Waals surface area contributed by atoms with Gasteiger partial charge in [0.1, 0.15) is 23.1 Å². The Balaban J connectivity index is 2.07. The molecular formula is C19H27N5O2. The molecular weight excluding hydrogens is 330 g/mol. The quantitative estimate of drug-likeness (QED) is 0.672. The molecule has 0 bridgehead atoms. The number of rotatable bonds is 9. The van der Waals surface area contributed by atoms with Crippen LogP contribution in [0.25, 0.3) is 0 Å². The lowest BCUT2D eigenvalue weighted by Crippen LogP contribution is -2.18. The number of nitrogens with one attached hydrogen (secondary N) is 2. The van der Waals surface area contributed by atoms with Crippen LogP contribution in [0.4, 0.5) is 11.5 Å². The van der Waals surface area contributed by atoms with E-state index in [1.807, 2.05) is 39.2 Å². The molecule has 7 heteroatoms. The number of aromatic nitrogens is 2. The van der Waals surface area contributed by atoms with Crippen LogP contribution in [-0.2, 0) is 0 Å². The molecule has 0 spiro atoms. The van der Waals surface area contributed by atoms with E-state index in [0.29, 0.717) is 35.4 Å². The van der Waals surface area contributed by atoms with E-state index in [2.05, 4.69) is 25.5 Å². The summed E-state index contributed by atoms with van der Waals surface area (Å²) >= 11 is 0. The van der Waals surface area contributed by atoms with Crippen LogP contribution in [0, 0.1) is 6.92 Å². The standard InChI is InChI=1S/C19H27N5O2/c1-5-26-17-10-7-6-9-15(17)23-19(25)16-13-18(22-14(2)21-16)20-11-8-12-24(3)4/h6-7,9-10,13H,5,8,11-12H2,1-4H3,(H,23,25)(H,20,21,22). The predicted molar refractivity (Wildman–Crippen MR) is 104 cm³/mol. The van der Waals surface area contributed by atoms with Crippen LogP contribution in [-0.4, -0.2) is 54.6 Å². The summed E-state index contributed by atoms with van der Waals surface area (Å²) in [6.45, 7) is 5.97. The second-order valence-corrected chi connectivity index (χ2v) is 6.15. The van der Waals surface area contributed by atoms with Crippen LogP contribution in [0.1, 0.15) is 29.7 Å². The van der Waals surface area contributed by atoms with Crippen molar-refractivity contribution in [1.29, 1.82) is 0 Å². The lowest BCUT2D eigenvalue weighted by molar-refractivity contribution is 0.102. The molecule has 1 aromatic carbocycles. The van der Waals surface area contributed by atoms with Crippen molar-refractivity contribution in [3.05, 3.63) is 41.9 Å². The van der Waals surface area contributed by atoms with Gasteiger partial charge < -0.3 is 20.3 Å². The first kappa shape index (κ1) is 19.7. The van der Waals surface area contributed by atoms with Gasteiger partial charge in [0.15, 0.2) is 0 Å². The third-order valence-electron chi connectivity index (χ3n) is 3.59. The molecule has 2 aromatic rings. The zero-order chi connectivity index (χ0) is 18.9. The first-order chi connectivity index (χ1) is 12.5. The van der Waals surface area contributed by atoms with Crippen LogP contribution in [0.3, 0.4) is 0 Å². The number of carbonyl (C=O) groups excluding carboxylic acids is 1. The minimum absolute atomic E-state index is 0.293. The fourth-order valence-electron chi connectivity index (χ4n) is 2.42. The maximum absolute atomic E-state index is 12.6. The molecule has 0 unspecified atom stereocenters. The molecule has 1 amide bonds. The van der Waals surface area contributed by atoms with Gasteiger partial charge in [0.05, 0.1) is 12.3 Å². The lowest BCUT2D eigenvalue weighted by atomic mass is 10.2. The molecule has 1 aromatic heterocycles. The van der Waals surface area contributed by atoms with E-state index in [9.17, 15) is 4.79 Å². The van der Waals surface area contributed by atoms with E-state index in [4.69, 9.17) is 4.74 Å². The maximum atomic E-state index is 12.6. The summed E-state index contributed by atoms with van der Waals surface area (Å²) in [5.74, 6) is 1.54. The Morgan fingerprint density at radius 1 is 1.23 bits per heavy atom. The third kappa shape index (κ3) is 6.00. The van der Waals surface area contributed by atoms with Crippen molar-refractivity contribution in [1.82, 2.24) is 14.9 Å². The molecule has 2 N–H and O–H groups in total. The Morgan fingerprint density at radius 3 is 2.73 bits per heavy atom. The van der Waals surface area contributed by atoms with E-state index in [-0.39, 0.29) is 5.91 Å². The van der Waals surface area contributed by atoms with Crippen molar-refractivity contribution < 1.29 is 9.53 Å². The van der Waals surface area contributed by atoms with Crippen molar-refractivity contribution in [2.45, 2.75) is 20.3 Å². The van der Waals surface area contributed by atoms with Gasteiger partial charge in [0.2, 0.25) is 0 Å². The predicted octanol–water partition coefficient (Wildman–Crippen LogP) is 2.80. The fourth-order valence-corrected chi connectivity index (χ4v) is 2.42. The Kier molecular flexibility index (Phi) is 7.35. The summed E-state index contributed by atoms with van der Waals surface area (Å²) in [5, 5.41) is 6.11. The number of anilines is 2. The molecule has 0 aliphatic carbocycles. The number of aryl methyl sites for hydroxylation is 1. The largest absolute Gasteiger partial charge is 0.492 e. The highest BCUT2D eigenvalue weighted by Gasteiger charge is 2.13. The van der Waals surface area contributed by atoms with E-state index >= 15 is 0 Å². The number of nitrogens with zero attached hydrogens (tertiary/aromatic N) is 3. The molecule has 0 aliphatic rings. The van der Waals surface area contributed by atoms with Crippen LogP contribution < -0.4 is 15.4 Å². The van der Waals surface area contributed by atoms with Gasteiger partial charge in [-0.3, -0.25) is 4.79 Å². The SMILES string of the molecule is CCOc1ccccc1NC(=O)c1cc(NCCCN(C)C)nc(C)n1. The monoisotopic (exact) mass is 357 g/mol. The summed E-state index contributed by atoms with van der Waals surface area (Å²) in [5.41, 5.74) is 0.940. The molecule has 0 saturated heterocycles. The smallest absolute Gasteiger partial charge is 0.274 e. The first-order valence-corrected chi connectivity index (χ1v) is 8.77. The van der Waals surface area contributed by atoms with Crippen molar-refractivity contribution in [3.8, 4) is 5.75 Å². The zero-order valence-corrected chi connectivity index (χ0v) is 15.9. The average molecular weight is 357 g/mol. The van der Waals surface area contributed by atoms with Crippen molar-refractivity contribution in [3.63, 3.8) is 0 Å². The van der Waals surface area contributed by atoms with E-state index in [0.717, 1.165) is 19.5 Å². The third-order valence-corrected chi connectivity index (χ3v) is 3.59. The summed E-state index contributed by atoms with van der Waals surface area (Å²) in [6, 6.07) is 9.01. The molecule has 0 saturated carbocycles. The molecule has 7 nitrogen and oxygen atoms in total. The van der Waals surface area contributed by atoms with Gasteiger partial charge in [-0.1, -0.05) is 12.1 Å². The van der Waals surface area contributed by atoms with Gasteiger partial charge in [-0.25, -0.2) is 9.97 Å². The Bertz CT molecular complexity index is 734. The Hall–Kier alpha value is -2.67. The molecule has 2 rings (SSSR count). The number of hydrogen-bond donors (Lipinski definition) is 2.